The topological polar surface area (TPSA) is 255 Å². The van der Waals surface area contributed by atoms with Crippen LogP contribution in [0, 0.1) is 71.0 Å². The summed E-state index contributed by atoms with van der Waals surface area (Å²) in [6, 6.07) is 0. The van der Waals surface area contributed by atoms with Crippen molar-refractivity contribution in [3.05, 3.63) is 0 Å². The smallest absolute Gasteiger partial charge is 0.344 e. The van der Waals surface area contributed by atoms with E-state index in [1.165, 1.54) is 0 Å². The third kappa shape index (κ3) is 15.4. The SMILES string of the molecule is CCC(C)C(=O)OCC(=O)OCC(=O)OC1C2CC3CC(C2)C(=O)OC1C3.CCC(C)C(=O)OCCOC(=O)COC1C2CC3CC(C2)C(=O)OC1C3.CCC(C)C(=O)OCCOC1C2CC3CC(C2)C(=O)OC1C3. The Hall–Kier alpha value is -4.85. The molecule has 20 heteroatoms. The van der Waals surface area contributed by atoms with E-state index in [1.54, 1.807) is 13.8 Å². The summed E-state index contributed by atoms with van der Waals surface area (Å²) in [6.07, 6.45) is 11.3. The number of carbonyl (C=O) groups is 9. The second kappa shape index (κ2) is 27.0. The third-order valence-electron chi connectivity index (χ3n) is 17.1. The maximum Gasteiger partial charge on any atom is 0.344 e. The molecule has 20 nitrogen and oxygen atoms in total. The van der Waals surface area contributed by atoms with Crippen molar-refractivity contribution in [1.82, 2.24) is 0 Å². The normalized spacial score (nSPS) is 34.2. The van der Waals surface area contributed by atoms with E-state index in [0.29, 0.717) is 56.0 Å². The standard InChI is InChI=1S/C19H26O8.C19H28O7.C17H26O5/c1-3-10(2)18(22)25-8-15(20)24-9-16(21)27-17-12-4-11-5-13(7-12)19(23)26-14(17)6-11;1-3-11(2)18(21)24-5-4-23-16(20)10-25-17-13-6-12-7-14(9-13)19(22)26-15(17)8-12;1-3-10(2)16(18)21-5-4-20-15-12-6-11-7-13(9-12)17(19)22-14(15)8-11/h10-14,17H,3-9H2,1-2H3;11-15,17H,3-10H2,1-2H3;10-15H,3-9H2,1-2H3. The maximum atomic E-state index is 12.1. The van der Waals surface area contributed by atoms with Crippen molar-refractivity contribution >= 4 is 53.7 Å². The lowest BCUT2D eigenvalue weighted by Gasteiger charge is -2.41. The molecule has 6 heterocycles. The summed E-state index contributed by atoms with van der Waals surface area (Å²) in [5, 5.41) is 0. The molecular weight excluding hydrogens is 981 g/mol. The largest absolute Gasteiger partial charge is 0.463 e. The van der Waals surface area contributed by atoms with Crippen LogP contribution >= 0.6 is 0 Å². The molecular formula is C55H80O20. The van der Waals surface area contributed by atoms with Gasteiger partial charge in [-0.15, -0.1) is 0 Å². The Morgan fingerprint density at radius 3 is 1.25 bits per heavy atom. The van der Waals surface area contributed by atoms with Crippen LogP contribution in [0.2, 0.25) is 0 Å². The van der Waals surface area contributed by atoms with Gasteiger partial charge in [0.15, 0.2) is 13.2 Å². The summed E-state index contributed by atoms with van der Waals surface area (Å²) in [5.74, 6) is -1.44. The Balaban J connectivity index is 0.000000165. The van der Waals surface area contributed by atoms with Crippen molar-refractivity contribution in [3.8, 4) is 0 Å². The Morgan fingerprint density at radius 2 is 0.787 bits per heavy atom. The molecule has 12 aliphatic rings. The number of carbonyl (C=O) groups excluding carboxylic acids is 9. The zero-order valence-corrected chi connectivity index (χ0v) is 44.6. The van der Waals surface area contributed by atoms with Crippen molar-refractivity contribution in [1.29, 1.82) is 0 Å². The minimum absolute atomic E-state index is 0.00972. The monoisotopic (exact) mass is 1060 g/mol. The highest BCUT2D eigenvalue weighted by atomic mass is 16.6. The van der Waals surface area contributed by atoms with E-state index in [4.69, 9.17) is 52.1 Å². The molecule has 6 aliphatic heterocycles. The van der Waals surface area contributed by atoms with Crippen molar-refractivity contribution in [2.45, 2.75) is 174 Å². The molecule has 420 valence electrons. The van der Waals surface area contributed by atoms with Crippen LogP contribution in [0.1, 0.15) is 138 Å². The van der Waals surface area contributed by atoms with Gasteiger partial charge in [0.05, 0.1) is 54.3 Å². The number of fused-ring (bicyclic) bond motifs is 3. The highest BCUT2D eigenvalue weighted by Crippen LogP contribution is 2.50. The number of esters is 9. The van der Waals surface area contributed by atoms with E-state index in [0.717, 1.165) is 70.6 Å². The van der Waals surface area contributed by atoms with Crippen LogP contribution in [-0.4, -0.2) is 137 Å². The van der Waals surface area contributed by atoms with E-state index in [2.05, 4.69) is 0 Å². The predicted octanol–water partition coefficient (Wildman–Crippen LogP) is 5.58. The molecule has 75 heavy (non-hydrogen) atoms. The molecule has 18 atom stereocenters. The first-order valence-corrected chi connectivity index (χ1v) is 27.8. The molecule has 0 aromatic heterocycles. The predicted molar refractivity (Wildman–Crippen MR) is 259 cm³/mol. The Morgan fingerprint density at radius 1 is 0.413 bits per heavy atom. The highest BCUT2D eigenvalue weighted by Gasteiger charge is 2.53. The van der Waals surface area contributed by atoms with Crippen molar-refractivity contribution < 1.29 is 95.3 Å². The second-order valence-electron chi connectivity index (χ2n) is 22.5. The number of hydrogen-bond donors (Lipinski definition) is 0. The van der Waals surface area contributed by atoms with E-state index in [9.17, 15) is 43.2 Å². The first kappa shape index (κ1) is 57.8. The van der Waals surface area contributed by atoms with Gasteiger partial charge in [0, 0.05) is 5.92 Å². The molecule has 12 fully saturated rings. The zero-order chi connectivity index (χ0) is 53.9. The summed E-state index contributed by atoms with van der Waals surface area (Å²) >= 11 is 0. The van der Waals surface area contributed by atoms with Gasteiger partial charge in [-0.25, -0.2) is 14.4 Å². The fourth-order valence-electron chi connectivity index (χ4n) is 12.7. The summed E-state index contributed by atoms with van der Waals surface area (Å²) in [6.45, 7) is 10.5. The van der Waals surface area contributed by atoms with Crippen LogP contribution in [0.4, 0.5) is 0 Å². The van der Waals surface area contributed by atoms with Gasteiger partial charge in [0.25, 0.3) is 0 Å². The number of hydrogen-bond acceptors (Lipinski definition) is 20. The molecule has 6 aliphatic carbocycles. The van der Waals surface area contributed by atoms with Gasteiger partial charge in [0.2, 0.25) is 0 Å². The molecule has 12 bridgehead atoms. The van der Waals surface area contributed by atoms with Crippen molar-refractivity contribution in [2.24, 2.45) is 71.0 Å². The maximum absolute atomic E-state index is 12.1. The van der Waals surface area contributed by atoms with Gasteiger partial charge in [-0.05, 0) is 126 Å². The van der Waals surface area contributed by atoms with Crippen molar-refractivity contribution in [2.75, 3.05) is 46.2 Å². The van der Waals surface area contributed by atoms with E-state index >= 15 is 0 Å². The van der Waals surface area contributed by atoms with Gasteiger partial charge in [-0.3, -0.25) is 28.8 Å². The van der Waals surface area contributed by atoms with Gasteiger partial charge >= 0.3 is 53.7 Å². The number of ether oxygens (including phenoxy) is 11. The molecule has 0 aromatic carbocycles. The van der Waals surface area contributed by atoms with E-state index in [1.807, 2.05) is 27.7 Å². The summed E-state index contributed by atoms with van der Waals surface area (Å²) in [4.78, 5) is 106. The molecule has 0 spiro atoms. The van der Waals surface area contributed by atoms with Crippen molar-refractivity contribution in [3.63, 3.8) is 0 Å². The summed E-state index contributed by atoms with van der Waals surface area (Å²) in [5.41, 5.74) is 0. The molecule has 6 saturated heterocycles. The lowest BCUT2D eigenvalue weighted by atomic mass is 9.67. The van der Waals surface area contributed by atoms with Crippen LogP contribution in [0.25, 0.3) is 0 Å². The summed E-state index contributed by atoms with van der Waals surface area (Å²) < 4.78 is 58.8. The van der Waals surface area contributed by atoms with Gasteiger partial charge in [-0.1, -0.05) is 41.5 Å². The number of rotatable bonds is 21. The lowest BCUT2D eigenvalue weighted by molar-refractivity contribution is -0.179. The first-order valence-electron chi connectivity index (χ1n) is 27.8. The fourth-order valence-corrected chi connectivity index (χ4v) is 12.7. The minimum atomic E-state index is -0.808. The van der Waals surface area contributed by atoms with Crippen LogP contribution in [0.15, 0.2) is 0 Å². The second-order valence-corrected chi connectivity index (χ2v) is 22.5. The van der Waals surface area contributed by atoms with Crippen LogP contribution in [0.5, 0.6) is 0 Å². The molecule has 0 aromatic rings. The van der Waals surface area contributed by atoms with Gasteiger partial charge in [0.1, 0.15) is 50.8 Å². The Kier molecular flexibility index (Phi) is 20.8. The Labute approximate surface area is 439 Å². The molecule has 18 unspecified atom stereocenters. The molecule has 0 N–H and O–H groups in total. The average molecular weight is 1060 g/mol. The molecule has 6 saturated carbocycles. The molecule has 0 radical (unpaired) electrons. The zero-order valence-electron chi connectivity index (χ0n) is 44.6. The highest BCUT2D eigenvalue weighted by molar-refractivity contribution is 5.80. The fraction of sp³-hybridized carbons (Fsp3) is 0.836. The van der Waals surface area contributed by atoms with Crippen LogP contribution in [-0.2, 0) is 95.3 Å². The van der Waals surface area contributed by atoms with E-state index < -0.39 is 49.3 Å². The average Bonchev–Trinajstić information content (AvgIpc) is 3.75. The van der Waals surface area contributed by atoms with Gasteiger partial charge < -0.3 is 52.1 Å². The summed E-state index contributed by atoms with van der Waals surface area (Å²) in [7, 11) is 0. The quantitative estimate of drug-likeness (QED) is 0.0772. The van der Waals surface area contributed by atoms with Crippen LogP contribution < -0.4 is 0 Å². The van der Waals surface area contributed by atoms with Crippen LogP contribution in [0.3, 0.4) is 0 Å². The van der Waals surface area contributed by atoms with E-state index in [-0.39, 0.29) is 128 Å². The Bertz CT molecular complexity index is 2040. The lowest BCUT2D eigenvalue weighted by Crippen LogP contribution is -2.45. The van der Waals surface area contributed by atoms with Gasteiger partial charge in [-0.2, -0.15) is 0 Å². The first-order chi connectivity index (χ1) is 35.9. The molecule has 12 rings (SSSR count). The minimum Gasteiger partial charge on any atom is -0.463 e. The third-order valence-corrected chi connectivity index (χ3v) is 17.1. The molecule has 0 amide bonds.